The number of anilines is 1. The molecule has 0 radical (unpaired) electrons. The van der Waals surface area contributed by atoms with Crippen LogP contribution in [0, 0.1) is 11.8 Å². The molecule has 0 bridgehead atoms. The minimum absolute atomic E-state index is 0.139. The van der Waals surface area contributed by atoms with Crippen LogP contribution in [0.4, 0.5) is 10.5 Å². The number of aldehydes is 1. The molecule has 2 unspecified atom stereocenters. The minimum atomic E-state index is -0.614. The Hall–Kier alpha value is -2.91. The summed E-state index contributed by atoms with van der Waals surface area (Å²) in [5.41, 5.74) is 1.36. The molecule has 1 aliphatic heterocycles. The van der Waals surface area contributed by atoms with Gasteiger partial charge in [-0.1, -0.05) is 32.1 Å². The van der Waals surface area contributed by atoms with Gasteiger partial charge in [0.1, 0.15) is 11.6 Å². The van der Waals surface area contributed by atoms with E-state index in [1.54, 1.807) is 25.2 Å². The Morgan fingerprint density at radius 2 is 1.74 bits per heavy atom. The second-order valence-electron chi connectivity index (χ2n) is 11.4. The van der Waals surface area contributed by atoms with Crippen molar-refractivity contribution in [3.63, 3.8) is 0 Å². The van der Waals surface area contributed by atoms with Gasteiger partial charge in [-0.3, -0.25) is 14.5 Å². The van der Waals surface area contributed by atoms with Crippen molar-refractivity contribution in [2.24, 2.45) is 11.8 Å². The Balaban J connectivity index is 0.000000532. The first-order valence-electron chi connectivity index (χ1n) is 14.0. The number of hydrogen-bond donors (Lipinski definition) is 2. The highest BCUT2D eigenvalue weighted by molar-refractivity contribution is 5.99. The van der Waals surface area contributed by atoms with Gasteiger partial charge in [-0.15, -0.1) is 0 Å². The zero-order valence-electron chi connectivity index (χ0n) is 24.1. The number of aromatic nitrogens is 1. The van der Waals surface area contributed by atoms with Crippen molar-refractivity contribution in [3.8, 4) is 0 Å². The monoisotopic (exact) mass is 543 g/mol. The lowest BCUT2D eigenvalue weighted by molar-refractivity contribution is -0.122. The van der Waals surface area contributed by atoms with Crippen molar-refractivity contribution in [1.29, 1.82) is 0 Å². The highest BCUT2D eigenvalue weighted by Crippen LogP contribution is 2.40. The van der Waals surface area contributed by atoms with Gasteiger partial charge in [-0.05, 0) is 69.7 Å². The molecular weight excluding hydrogens is 498 g/mol. The predicted molar refractivity (Wildman–Crippen MR) is 152 cm³/mol. The number of carbonyl (C=O) groups excluding carboxylic acids is 3. The number of aromatic amines is 1. The molecule has 2 N–H and O–H groups in total. The van der Waals surface area contributed by atoms with Crippen LogP contribution in [0.1, 0.15) is 76.2 Å². The largest absolute Gasteiger partial charge is 0.444 e. The van der Waals surface area contributed by atoms with Crippen LogP contribution in [0.15, 0.2) is 24.3 Å². The number of fused-ring (bicyclic) bond motifs is 1. The molecule has 1 saturated heterocycles. The third kappa shape index (κ3) is 8.80. The van der Waals surface area contributed by atoms with Gasteiger partial charge in [-0.25, -0.2) is 4.79 Å². The number of nitrogens with zero attached hydrogens (tertiary/aromatic N) is 1. The summed E-state index contributed by atoms with van der Waals surface area (Å²) in [6.45, 7) is 7.66. The van der Waals surface area contributed by atoms with Crippen molar-refractivity contribution < 1.29 is 28.6 Å². The van der Waals surface area contributed by atoms with E-state index in [2.05, 4.69) is 10.3 Å². The van der Waals surface area contributed by atoms with Gasteiger partial charge in [-0.2, -0.15) is 0 Å². The molecule has 39 heavy (non-hydrogen) atoms. The summed E-state index contributed by atoms with van der Waals surface area (Å²) in [5, 5.41) is 3.88. The Morgan fingerprint density at radius 1 is 1.05 bits per heavy atom. The molecule has 2 amide bonds. The Morgan fingerprint density at radius 3 is 2.36 bits per heavy atom. The average Bonchev–Trinajstić information content (AvgIpc) is 3.53. The highest BCUT2D eigenvalue weighted by Gasteiger charge is 2.46. The first kappa shape index (κ1) is 30.6. The van der Waals surface area contributed by atoms with Gasteiger partial charge in [0, 0.05) is 50.6 Å². The molecule has 1 aromatic heterocycles. The lowest BCUT2D eigenvalue weighted by atomic mass is 9.76. The van der Waals surface area contributed by atoms with E-state index in [-0.39, 0.29) is 11.8 Å². The van der Waals surface area contributed by atoms with Crippen LogP contribution in [-0.4, -0.2) is 73.8 Å². The van der Waals surface area contributed by atoms with Crippen molar-refractivity contribution in [3.05, 3.63) is 30.0 Å². The van der Waals surface area contributed by atoms with Crippen molar-refractivity contribution in [2.45, 2.75) is 77.4 Å². The third-order valence-electron chi connectivity index (χ3n) is 7.33. The lowest BCUT2D eigenvalue weighted by Gasteiger charge is -2.34. The van der Waals surface area contributed by atoms with Crippen molar-refractivity contribution >= 4 is 34.9 Å². The number of benzene rings is 1. The summed E-state index contributed by atoms with van der Waals surface area (Å²) < 4.78 is 15.2. The van der Waals surface area contributed by atoms with E-state index in [0.717, 1.165) is 56.1 Å². The van der Waals surface area contributed by atoms with Gasteiger partial charge in [0.25, 0.3) is 0 Å². The molecule has 2 fully saturated rings. The highest BCUT2D eigenvalue weighted by atomic mass is 16.6. The zero-order chi connectivity index (χ0) is 28.4. The van der Waals surface area contributed by atoms with Crippen LogP contribution in [0.3, 0.4) is 0 Å². The Kier molecular flexibility index (Phi) is 11.4. The van der Waals surface area contributed by atoms with E-state index >= 15 is 0 Å². The maximum Gasteiger partial charge on any atom is 0.410 e. The Bertz CT molecular complexity index is 1080. The molecule has 4 rings (SSSR count). The molecular formula is C30H45N3O6. The van der Waals surface area contributed by atoms with Crippen LogP contribution < -0.4 is 5.32 Å². The van der Waals surface area contributed by atoms with Crippen LogP contribution >= 0.6 is 0 Å². The summed E-state index contributed by atoms with van der Waals surface area (Å²) in [7, 11) is 3.38. The fourth-order valence-electron chi connectivity index (χ4n) is 5.59. The predicted octanol–water partition coefficient (Wildman–Crippen LogP) is 5.79. The molecule has 2 atom stereocenters. The van der Waals surface area contributed by atoms with Gasteiger partial charge >= 0.3 is 6.09 Å². The van der Waals surface area contributed by atoms with E-state index in [0.29, 0.717) is 23.8 Å². The topological polar surface area (TPSA) is 110 Å². The molecule has 2 aromatic rings. The number of likely N-dealkylation sites (tertiary alicyclic amines) is 1. The minimum Gasteiger partial charge on any atom is -0.444 e. The number of amides is 2. The van der Waals surface area contributed by atoms with E-state index < -0.39 is 17.7 Å². The molecule has 1 aromatic carbocycles. The SMILES string of the molecule is CC(C)(C)OC(=O)N1CCC(C2CCCCC2)C1C(=O)Nc1ccc2[nH]c(C=O)cc2c1.COCCCOC. The maximum absolute atomic E-state index is 13.5. The summed E-state index contributed by atoms with van der Waals surface area (Å²) in [6.07, 6.45) is 8.00. The number of hydrogen-bond acceptors (Lipinski definition) is 6. The molecule has 2 heterocycles. The first-order chi connectivity index (χ1) is 18.7. The smallest absolute Gasteiger partial charge is 0.410 e. The average molecular weight is 544 g/mol. The molecule has 9 heteroatoms. The van der Waals surface area contributed by atoms with E-state index in [1.807, 2.05) is 39.0 Å². The van der Waals surface area contributed by atoms with Crippen LogP contribution in [0.5, 0.6) is 0 Å². The standard InChI is InChI=1S/C25H33N3O4.C5H12O2/c1-25(2,3)32-24(31)28-12-11-20(16-7-5-4-6-8-16)22(28)23(30)27-18-9-10-21-17(13-18)14-19(15-29)26-21;1-6-4-3-5-7-2/h9-10,13-16,20,22,26H,4-8,11-12H2,1-3H3,(H,27,30);3-5H2,1-2H3. The van der Waals surface area contributed by atoms with Crippen molar-refractivity contribution in [2.75, 3.05) is 39.3 Å². The molecule has 9 nitrogen and oxygen atoms in total. The van der Waals surface area contributed by atoms with E-state index in [9.17, 15) is 14.4 Å². The quantitative estimate of drug-likeness (QED) is 0.322. The first-order valence-corrected chi connectivity index (χ1v) is 14.0. The second-order valence-corrected chi connectivity index (χ2v) is 11.4. The normalized spacial score (nSPS) is 19.9. The number of nitrogens with one attached hydrogen (secondary N) is 2. The Labute approximate surface area is 231 Å². The fraction of sp³-hybridized carbons (Fsp3) is 0.633. The zero-order valence-corrected chi connectivity index (χ0v) is 24.1. The maximum atomic E-state index is 13.5. The summed E-state index contributed by atoms with van der Waals surface area (Å²) in [6, 6.07) is 6.72. The van der Waals surface area contributed by atoms with Crippen LogP contribution in [0.25, 0.3) is 10.9 Å². The van der Waals surface area contributed by atoms with Crippen molar-refractivity contribution in [1.82, 2.24) is 9.88 Å². The summed E-state index contributed by atoms with van der Waals surface area (Å²) in [4.78, 5) is 42.2. The molecule has 0 spiro atoms. The number of H-pyrrole nitrogens is 1. The molecule has 2 aliphatic rings. The van der Waals surface area contributed by atoms with Gasteiger partial charge in [0.15, 0.2) is 6.29 Å². The van der Waals surface area contributed by atoms with E-state index in [4.69, 9.17) is 14.2 Å². The van der Waals surface area contributed by atoms with Gasteiger partial charge < -0.3 is 24.5 Å². The second kappa shape index (κ2) is 14.5. The third-order valence-corrected chi connectivity index (χ3v) is 7.33. The van der Waals surface area contributed by atoms with Gasteiger partial charge in [0.05, 0.1) is 5.69 Å². The number of carbonyl (C=O) groups is 3. The fourth-order valence-corrected chi connectivity index (χ4v) is 5.59. The molecule has 1 saturated carbocycles. The molecule has 1 aliphatic carbocycles. The lowest BCUT2D eigenvalue weighted by Crippen LogP contribution is -2.49. The van der Waals surface area contributed by atoms with Crippen LogP contribution in [0.2, 0.25) is 0 Å². The molecule has 216 valence electrons. The van der Waals surface area contributed by atoms with Gasteiger partial charge in [0.2, 0.25) is 5.91 Å². The summed E-state index contributed by atoms with van der Waals surface area (Å²) in [5.74, 6) is 0.421. The van der Waals surface area contributed by atoms with Crippen LogP contribution in [-0.2, 0) is 19.0 Å². The number of rotatable bonds is 8. The summed E-state index contributed by atoms with van der Waals surface area (Å²) >= 11 is 0. The van der Waals surface area contributed by atoms with E-state index in [1.165, 1.54) is 19.3 Å². The number of methoxy groups -OCH3 is 2. The number of ether oxygens (including phenoxy) is 3.